The zero-order valence-electron chi connectivity index (χ0n) is 20.3. The summed E-state index contributed by atoms with van der Waals surface area (Å²) >= 11 is 0. The summed E-state index contributed by atoms with van der Waals surface area (Å²) in [5.74, 6) is 0.0597. The van der Waals surface area contributed by atoms with Crippen molar-refractivity contribution in [2.24, 2.45) is 0 Å². The van der Waals surface area contributed by atoms with E-state index in [-0.39, 0.29) is 5.97 Å². The van der Waals surface area contributed by atoms with Crippen molar-refractivity contribution in [3.8, 4) is 0 Å². The molecule has 0 spiro atoms. The van der Waals surface area contributed by atoms with Gasteiger partial charge in [-0.25, -0.2) is 0 Å². The van der Waals surface area contributed by atoms with Crippen LogP contribution in [0.5, 0.6) is 0 Å². The Balaban J connectivity index is 3.35. The van der Waals surface area contributed by atoms with Crippen LogP contribution >= 0.6 is 0 Å². The Morgan fingerprint density at radius 1 is 0.571 bits per heavy atom. The summed E-state index contributed by atoms with van der Waals surface area (Å²) in [5.41, 5.74) is 0. The first-order valence-electron chi connectivity index (χ1n) is 12.4. The maximum atomic E-state index is 12.1. The van der Waals surface area contributed by atoms with Crippen molar-refractivity contribution in [2.75, 3.05) is 0 Å². The van der Waals surface area contributed by atoms with E-state index < -0.39 is 15.4 Å². The topological polar surface area (TPSA) is 26.3 Å². The molecule has 0 aliphatic carbocycles. The number of hydrogen-bond donors (Lipinski definition) is 0. The highest BCUT2D eigenvalue weighted by Gasteiger charge is 2.41. The number of carbonyl (C=O) groups is 1. The van der Waals surface area contributed by atoms with Crippen LogP contribution in [0.3, 0.4) is 0 Å². The van der Waals surface area contributed by atoms with Gasteiger partial charge in [-0.05, 0) is 19.5 Å². The van der Waals surface area contributed by atoms with Crippen LogP contribution in [-0.4, -0.2) is 21.4 Å². The first-order chi connectivity index (χ1) is 13.2. The smallest absolute Gasteiger partial charge is 0.292 e. The van der Waals surface area contributed by atoms with E-state index in [0.717, 1.165) is 6.42 Å². The van der Waals surface area contributed by atoms with Gasteiger partial charge in [0.2, 0.25) is 7.83 Å². The second kappa shape index (κ2) is 16.7. The maximum absolute atomic E-state index is 12.1. The summed E-state index contributed by atoms with van der Waals surface area (Å²) in [7, 11) is -3.13. The molecule has 0 saturated carbocycles. The Morgan fingerprint density at radius 3 is 1.21 bits per heavy atom. The van der Waals surface area contributed by atoms with Gasteiger partial charge in [0, 0.05) is 6.42 Å². The fourth-order valence-corrected chi connectivity index (χ4v) is 5.54. The molecule has 0 aliphatic rings. The van der Waals surface area contributed by atoms with Crippen molar-refractivity contribution < 1.29 is 9.22 Å². The molecule has 0 heterocycles. The third kappa shape index (κ3) is 15.8. The van der Waals surface area contributed by atoms with E-state index >= 15 is 0 Å². The first-order valence-corrected chi connectivity index (χ1v) is 19.8. The monoisotopic (exact) mass is 428 g/mol. The molecule has 0 atom stereocenters. The number of carbonyl (C=O) groups excluding carboxylic acids is 1. The highest BCUT2D eigenvalue weighted by Crippen LogP contribution is 2.21. The van der Waals surface area contributed by atoms with Gasteiger partial charge in [-0.3, -0.25) is 4.79 Å². The summed E-state index contributed by atoms with van der Waals surface area (Å²) in [6, 6.07) is 0. The van der Waals surface area contributed by atoms with Crippen LogP contribution in [0.2, 0.25) is 32.7 Å². The molecular formula is C24H52O2Si2. The molecule has 0 aromatic heterocycles. The average molecular weight is 429 g/mol. The van der Waals surface area contributed by atoms with Crippen LogP contribution in [0.4, 0.5) is 0 Å². The molecule has 28 heavy (non-hydrogen) atoms. The number of rotatable bonds is 19. The molecule has 0 amide bonds. The standard InChI is InChI=1S/C24H52O2Si2/c1-7-8-9-10-11-12-13-14-15-16-17-18-19-20-21-22-23-24(25)26-28(5,6)27(2,3)4/h7-23H2,1-6H3. The minimum absolute atomic E-state index is 0.0597. The molecule has 0 saturated heterocycles. The third-order valence-electron chi connectivity index (χ3n) is 6.41. The Morgan fingerprint density at radius 2 is 0.893 bits per heavy atom. The molecule has 0 fully saturated rings. The van der Waals surface area contributed by atoms with E-state index in [0.29, 0.717) is 6.42 Å². The van der Waals surface area contributed by atoms with Crippen LogP contribution in [0.25, 0.3) is 0 Å². The Bertz CT molecular complexity index is 375. The molecule has 0 rings (SSSR count). The Hall–Kier alpha value is -0.0962. The third-order valence-corrected chi connectivity index (χ3v) is 21.9. The molecule has 0 unspecified atom stereocenters. The predicted octanol–water partition coefficient (Wildman–Crippen LogP) is 8.80. The average Bonchev–Trinajstić information content (AvgIpc) is 2.60. The lowest BCUT2D eigenvalue weighted by Gasteiger charge is -2.34. The summed E-state index contributed by atoms with van der Waals surface area (Å²) in [5, 5.41) is 0. The van der Waals surface area contributed by atoms with Gasteiger partial charge >= 0.3 is 0 Å². The van der Waals surface area contributed by atoms with Gasteiger partial charge in [-0.15, -0.1) is 0 Å². The highest BCUT2D eigenvalue weighted by atomic mass is 29.3. The van der Waals surface area contributed by atoms with Gasteiger partial charge in [0.15, 0.2) is 0 Å². The lowest BCUT2D eigenvalue weighted by atomic mass is 10.0. The van der Waals surface area contributed by atoms with Crippen LogP contribution in [0, 0.1) is 0 Å². The van der Waals surface area contributed by atoms with E-state index in [1.54, 1.807) is 0 Å². The SMILES string of the molecule is CCCCCCCCCCCCCCCCCCC(=O)O[Si](C)(C)[Si](C)(C)C. The molecule has 0 radical (unpaired) electrons. The summed E-state index contributed by atoms with van der Waals surface area (Å²) in [6.07, 6.45) is 22.5. The van der Waals surface area contributed by atoms with Gasteiger partial charge in [0.25, 0.3) is 5.97 Å². The van der Waals surface area contributed by atoms with E-state index in [9.17, 15) is 4.79 Å². The summed E-state index contributed by atoms with van der Waals surface area (Å²) in [4.78, 5) is 12.1. The van der Waals surface area contributed by atoms with Crippen molar-refractivity contribution in [1.82, 2.24) is 0 Å². The molecule has 0 aromatic rings. The van der Waals surface area contributed by atoms with Gasteiger partial charge in [-0.2, -0.15) is 0 Å². The fourth-order valence-electron chi connectivity index (χ4n) is 3.31. The van der Waals surface area contributed by atoms with Crippen molar-refractivity contribution >= 4 is 21.4 Å². The van der Waals surface area contributed by atoms with Crippen molar-refractivity contribution in [1.29, 1.82) is 0 Å². The molecule has 4 heteroatoms. The van der Waals surface area contributed by atoms with Gasteiger partial charge < -0.3 is 4.43 Å². The van der Waals surface area contributed by atoms with Crippen LogP contribution in [0.15, 0.2) is 0 Å². The minimum atomic E-state index is -1.79. The Kier molecular flexibility index (Phi) is 16.6. The molecule has 168 valence electrons. The van der Waals surface area contributed by atoms with Gasteiger partial charge in [0.05, 0.1) is 7.59 Å². The van der Waals surface area contributed by atoms with Crippen LogP contribution < -0.4 is 0 Å². The predicted molar refractivity (Wildman–Crippen MR) is 131 cm³/mol. The highest BCUT2D eigenvalue weighted by molar-refractivity contribution is 7.38. The first kappa shape index (κ1) is 27.9. The van der Waals surface area contributed by atoms with Crippen LogP contribution in [-0.2, 0) is 9.22 Å². The quantitative estimate of drug-likeness (QED) is 0.152. The van der Waals surface area contributed by atoms with Crippen molar-refractivity contribution in [3.63, 3.8) is 0 Å². The van der Waals surface area contributed by atoms with Gasteiger partial charge in [0.1, 0.15) is 0 Å². The molecule has 0 aliphatic heterocycles. The molecule has 0 N–H and O–H groups in total. The maximum Gasteiger partial charge on any atom is 0.292 e. The number of unbranched alkanes of at least 4 members (excludes halogenated alkanes) is 15. The van der Waals surface area contributed by atoms with E-state index in [2.05, 4.69) is 39.7 Å². The van der Waals surface area contributed by atoms with E-state index in [1.807, 2.05) is 0 Å². The van der Waals surface area contributed by atoms with Crippen molar-refractivity contribution in [2.45, 2.75) is 149 Å². The van der Waals surface area contributed by atoms with E-state index in [4.69, 9.17) is 4.43 Å². The summed E-state index contributed by atoms with van der Waals surface area (Å²) < 4.78 is 5.89. The van der Waals surface area contributed by atoms with Crippen molar-refractivity contribution in [3.05, 3.63) is 0 Å². The number of hydrogen-bond acceptors (Lipinski definition) is 2. The van der Waals surface area contributed by atoms with Gasteiger partial charge in [-0.1, -0.05) is 123 Å². The lowest BCUT2D eigenvalue weighted by molar-refractivity contribution is -0.135. The zero-order valence-corrected chi connectivity index (χ0v) is 22.3. The Labute approximate surface area is 179 Å². The normalized spacial score (nSPS) is 12.4. The zero-order chi connectivity index (χ0) is 21.3. The molecule has 0 bridgehead atoms. The van der Waals surface area contributed by atoms with Crippen LogP contribution in [0.1, 0.15) is 116 Å². The molecule has 2 nitrogen and oxygen atoms in total. The minimum Gasteiger partial charge on any atom is -0.522 e. The second-order valence-electron chi connectivity index (χ2n) is 10.3. The molecule has 0 aromatic carbocycles. The van der Waals surface area contributed by atoms with E-state index in [1.165, 1.54) is 96.3 Å². The molecular weight excluding hydrogens is 376 g/mol. The fraction of sp³-hybridized carbons (Fsp3) is 0.958. The second-order valence-corrected chi connectivity index (χ2v) is 26.1. The largest absolute Gasteiger partial charge is 0.522 e. The lowest BCUT2D eigenvalue weighted by Crippen LogP contribution is -2.55. The summed E-state index contributed by atoms with van der Waals surface area (Å²) in [6.45, 7) is 13.7.